The van der Waals surface area contributed by atoms with Crippen LogP contribution in [-0.4, -0.2) is 24.4 Å². The molecule has 6 nitrogen and oxygen atoms in total. The lowest BCUT2D eigenvalue weighted by atomic mass is 10.1. The number of nitrogens with one attached hydrogen (secondary N) is 2. The van der Waals surface area contributed by atoms with Gasteiger partial charge in [0.25, 0.3) is 11.8 Å². The second-order valence-electron chi connectivity index (χ2n) is 6.15. The fourth-order valence-corrected chi connectivity index (χ4v) is 2.64. The normalized spacial score (nSPS) is 10.1. The summed E-state index contributed by atoms with van der Waals surface area (Å²) in [4.78, 5) is 36.5. The van der Waals surface area contributed by atoms with Gasteiger partial charge in [0.15, 0.2) is 0 Å². The van der Waals surface area contributed by atoms with E-state index < -0.39 is 5.97 Å². The average Bonchev–Trinajstić information content (AvgIpc) is 2.75. The summed E-state index contributed by atoms with van der Waals surface area (Å²) in [7, 11) is 0. The summed E-state index contributed by atoms with van der Waals surface area (Å²) in [5, 5.41) is 5.54. The zero-order chi connectivity index (χ0) is 20.6. The molecule has 0 spiro atoms. The first-order valence-corrected chi connectivity index (χ1v) is 9.12. The van der Waals surface area contributed by atoms with Crippen LogP contribution in [0.3, 0.4) is 0 Å². The van der Waals surface area contributed by atoms with Gasteiger partial charge in [0.05, 0.1) is 12.2 Å². The molecule has 0 fully saturated rings. The Morgan fingerprint density at radius 1 is 0.690 bits per heavy atom. The Kier molecular flexibility index (Phi) is 6.37. The van der Waals surface area contributed by atoms with Crippen LogP contribution in [0.2, 0.25) is 0 Å². The van der Waals surface area contributed by atoms with Crippen LogP contribution in [0.15, 0.2) is 78.9 Å². The van der Waals surface area contributed by atoms with E-state index in [4.69, 9.17) is 4.74 Å². The Labute approximate surface area is 168 Å². The highest BCUT2D eigenvalue weighted by molar-refractivity contribution is 6.07. The molecule has 29 heavy (non-hydrogen) atoms. The smallest absolute Gasteiger partial charge is 0.338 e. The fraction of sp³-hybridized carbons (Fsp3) is 0.0870. The van der Waals surface area contributed by atoms with Crippen LogP contribution >= 0.6 is 0 Å². The van der Waals surface area contributed by atoms with Crippen LogP contribution in [0.25, 0.3) is 0 Å². The van der Waals surface area contributed by atoms with Crippen molar-refractivity contribution in [2.75, 3.05) is 17.2 Å². The Morgan fingerprint density at radius 3 is 2.00 bits per heavy atom. The molecule has 0 saturated heterocycles. The van der Waals surface area contributed by atoms with Crippen molar-refractivity contribution in [2.24, 2.45) is 0 Å². The minimum atomic E-state index is -0.410. The number of ether oxygens (including phenoxy) is 1. The van der Waals surface area contributed by atoms with E-state index in [2.05, 4.69) is 10.6 Å². The second kappa shape index (κ2) is 9.32. The zero-order valence-electron chi connectivity index (χ0n) is 15.8. The molecule has 0 atom stereocenters. The molecule has 2 amide bonds. The van der Waals surface area contributed by atoms with Gasteiger partial charge in [-0.25, -0.2) is 4.79 Å². The highest BCUT2D eigenvalue weighted by Crippen LogP contribution is 2.16. The van der Waals surface area contributed by atoms with Gasteiger partial charge in [-0.2, -0.15) is 0 Å². The minimum Gasteiger partial charge on any atom is -0.462 e. The largest absolute Gasteiger partial charge is 0.462 e. The molecule has 3 aromatic rings. The summed E-state index contributed by atoms with van der Waals surface area (Å²) < 4.78 is 4.93. The number of rotatable bonds is 6. The number of benzene rings is 3. The van der Waals surface area contributed by atoms with Crippen LogP contribution in [0.4, 0.5) is 11.4 Å². The number of hydrogen-bond donors (Lipinski definition) is 2. The first kappa shape index (κ1) is 19.8. The minimum absolute atomic E-state index is 0.252. The third-order valence-electron chi connectivity index (χ3n) is 4.07. The van der Waals surface area contributed by atoms with Gasteiger partial charge in [0, 0.05) is 22.5 Å². The van der Waals surface area contributed by atoms with E-state index in [0.717, 1.165) is 0 Å². The standard InChI is InChI=1S/C23H20N2O4/c1-2-29-23(28)17-11-13-19(14-12-17)24-22(27)18-9-6-10-20(15-18)25-21(26)16-7-4-3-5-8-16/h3-15H,2H2,1H3,(H,24,27)(H,25,26). The lowest BCUT2D eigenvalue weighted by Crippen LogP contribution is -2.14. The Morgan fingerprint density at radius 2 is 1.31 bits per heavy atom. The fourth-order valence-electron chi connectivity index (χ4n) is 2.64. The molecule has 146 valence electrons. The lowest BCUT2D eigenvalue weighted by Gasteiger charge is -2.09. The number of anilines is 2. The third-order valence-corrected chi connectivity index (χ3v) is 4.07. The van der Waals surface area contributed by atoms with E-state index in [1.807, 2.05) is 6.07 Å². The molecule has 0 aliphatic rings. The first-order chi connectivity index (χ1) is 14.1. The molecule has 0 saturated carbocycles. The van der Waals surface area contributed by atoms with Crippen LogP contribution in [0, 0.1) is 0 Å². The van der Waals surface area contributed by atoms with E-state index in [1.165, 1.54) is 0 Å². The van der Waals surface area contributed by atoms with Gasteiger partial charge in [-0.1, -0.05) is 24.3 Å². The van der Waals surface area contributed by atoms with E-state index >= 15 is 0 Å². The maximum absolute atomic E-state index is 12.5. The van der Waals surface area contributed by atoms with Gasteiger partial charge < -0.3 is 15.4 Å². The quantitative estimate of drug-likeness (QED) is 0.614. The van der Waals surface area contributed by atoms with Gasteiger partial charge >= 0.3 is 5.97 Å². The van der Waals surface area contributed by atoms with Gasteiger partial charge in [-0.15, -0.1) is 0 Å². The molecule has 2 N–H and O–H groups in total. The lowest BCUT2D eigenvalue weighted by molar-refractivity contribution is 0.0526. The predicted octanol–water partition coefficient (Wildman–Crippen LogP) is 4.37. The van der Waals surface area contributed by atoms with Gasteiger partial charge in [-0.05, 0) is 61.5 Å². The van der Waals surface area contributed by atoms with E-state index in [1.54, 1.807) is 79.7 Å². The highest BCUT2D eigenvalue weighted by Gasteiger charge is 2.11. The van der Waals surface area contributed by atoms with Crippen molar-refractivity contribution < 1.29 is 19.1 Å². The molecule has 0 bridgehead atoms. The Balaban J connectivity index is 1.66. The summed E-state index contributed by atoms with van der Waals surface area (Å²) in [6.07, 6.45) is 0. The van der Waals surface area contributed by atoms with E-state index in [-0.39, 0.29) is 11.8 Å². The zero-order valence-corrected chi connectivity index (χ0v) is 15.8. The first-order valence-electron chi connectivity index (χ1n) is 9.12. The summed E-state index contributed by atoms with van der Waals surface area (Å²) in [6, 6.07) is 21.9. The summed E-state index contributed by atoms with van der Waals surface area (Å²) in [5.74, 6) is -0.991. The van der Waals surface area contributed by atoms with Crippen LogP contribution in [0.5, 0.6) is 0 Å². The molecule has 0 heterocycles. The molecular formula is C23H20N2O4. The molecule has 3 rings (SSSR count). The number of carbonyl (C=O) groups is 3. The summed E-state index contributed by atoms with van der Waals surface area (Å²) in [5.41, 5.74) is 2.40. The van der Waals surface area contributed by atoms with Crippen molar-refractivity contribution in [1.29, 1.82) is 0 Å². The topological polar surface area (TPSA) is 84.5 Å². The summed E-state index contributed by atoms with van der Waals surface area (Å²) >= 11 is 0. The molecule has 0 aliphatic heterocycles. The molecule has 0 unspecified atom stereocenters. The van der Waals surface area contributed by atoms with Crippen LogP contribution < -0.4 is 10.6 Å². The van der Waals surface area contributed by atoms with Gasteiger partial charge in [-0.3, -0.25) is 9.59 Å². The summed E-state index contributed by atoms with van der Waals surface area (Å²) in [6.45, 7) is 2.04. The molecule has 6 heteroatoms. The van der Waals surface area contributed by atoms with Gasteiger partial charge in [0.2, 0.25) is 0 Å². The molecule has 0 aromatic heterocycles. The molecule has 3 aromatic carbocycles. The van der Waals surface area contributed by atoms with Crippen LogP contribution in [-0.2, 0) is 4.74 Å². The second-order valence-corrected chi connectivity index (χ2v) is 6.15. The predicted molar refractivity (Wildman–Crippen MR) is 111 cm³/mol. The van der Waals surface area contributed by atoms with Crippen molar-refractivity contribution >= 4 is 29.2 Å². The van der Waals surface area contributed by atoms with Crippen molar-refractivity contribution in [3.63, 3.8) is 0 Å². The number of amides is 2. The van der Waals surface area contributed by atoms with E-state index in [9.17, 15) is 14.4 Å². The number of esters is 1. The monoisotopic (exact) mass is 388 g/mol. The maximum atomic E-state index is 12.5. The highest BCUT2D eigenvalue weighted by atomic mass is 16.5. The average molecular weight is 388 g/mol. The van der Waals surface area contributed by atoms with Crippen molar-refractivity contribution in [1.82, 2.24) is 0 Å². The molecule has 0 radical (unpaired) electrons. The SMILES string of the molecule is CCOC(=O)c1ccc(NC(=O)c2cccc(NC(=O)c3ccccc3)c2)cc1. The van der Waals surface area contributed by atoms with Crippen LogP contribution in [0.1, 0.15) is 38.0 Å². The van der Waals surface area contributed by atoms with Crippen molar-refractivity contribution in [2.45, 2.75) is 6.92 Å². The van der Waals surface area contributed by atoms with E-state index in [0.29, 0.717) is 34.7 Å². The number of hydrogen-bond acceptors (Lipinski definition) is 4. The van der Waals surface area contributed by atoms with Gasteiger partial charge in [0.1, 0.15) is 0 Å². The molecule has 0 aliphatic carbocycles. The molecular weight excluding hydrogens is 368 g/mol. The van der Waals surface area contributed by atoms with Crippen molar-refractivity contribution in [3.8, 4) is 0 Å². The Bertz CT molecular complexity index is 1010. The maximum Gasteiger partial charge on any atom is 0.338 e. The number of carbonyl (C=O) groups excluding carboxylic acids is 3. The Hall–Kier alpha value is -3.93. The third kappa shape index (κ3) is 5.29. The van der Waals surface area contributed by atoms with Crippen molar-refractivity contribution in [3.05, 3.63) is 95.6 Å².